The monoisotopic (exact) mass is 159 g/mol. The fourth-order valence-corrected chi connectivity index (χ4v) is 0.641. The van der Waals surface area contributed by atoms with E-state index in [0.29, 0.717) is 12.4 Å². The number of carbonyl (C=O) groups excluding carboxylic acids is 1. The number of hydrogen-bond acceptors (Lipinski definition) is 2. The summed E-state index contributed by atoms with van der Waals surface area (Å²) < 4.78 is 0. The fourth-order valence-electron chi connectivity index (χ4n) is 0.515. The van der Waals surface area contributed by atoms with E-state index >= 15 is 0 Å². The molecular weight excluding hydrogens is 150 g/mol. The van der Waals surface area contributed by atoms with Gasteiger partial charge in [-0.05, 0) is 12.8 Å². The normalized spacial score (nSPS) is 9.70. The molecule has 10 heavy (non-hydrogen) atoms. The van der Waals surface area contributed by atoms with Crippen molar-refractivity contribution in [3.63, 3.8) is 0 Å². The van der Waals surface area contributed by atoms with Crippen LogP contribution in [0.25, 0.3) is 0 Å². The van der Waals surface area contributed by atoms with E-state index in [4.69, 9.17) is 11.6 Å². The van der Waals surface area contributed by atoms with Gasteiger partial charge in [0.05, 0.1) is 6.54 Å². The third-order valence-electron chi connectivity index (χ3n) is 0.961. The second kappa shape index (κ2) is 8.41. The second-order valence-corrected chi connectivity index (χ2v) is 2.05. The van der Waals surface area contributed by atoms with Gasteiger partial charge in [0.2, 0.25) is 6.08 Å². The summed E-state index contributed by atoms with van der Waals surface area (Å²) in [6.07, 6.45) is 7.16. The number of nitrogens with zero attached hydrogens (tertiary/aromatic N) is 1. The first-order valence-electron chi connectivity index (χ1n) is 3.16. The molecule has 0 aromatic heterocycles. The molecule has 0 heterocycles. The molecule has 0 amide bonds. The molecule has 0 saturated carbocycles. The van der Waals surface area contributed by atoms with E-state index in [2.05, 4.69) is 4.99 Å². The molecule has 0 N–H and O–H groups in total. The minimum atomic E-state index is 0.553. The standard InChI is InChI=1S/C7H10ClNO/c8-5-3-1-2-4-6-9-7-10/h1,3H,2,4-6H2. The molecule has 0 atom stereocenters. The quantitative estimate of drug-likeness (QED) is 0.198. The Morgan fingerprint density at radius 1 is 1.50 bits per heavy atom. The van der Waals surface area contributed by atoms with Gasteiger partial charge in [0, 0.05) is 5.88 Å². The van der Waals surface area contributed by atoms with Crippen LogP contribution in [0.3, 0.4) is 0 Å². The molecule has 0 fully saturated rings. The number of halogens is 1. The van der Waals surface area contributed by atoms with Gasteiger partial charge in [0.15, 0.2) is 0 Å². The summed E-state index contributed by atoms with van der Waals surface area (Å²) in [6.45, 7) is 0.566. The zero-order valence-corrected chi connectivity index (χ0v) is 6.47. The molecule has 0 bridgehead atoms. The van der Waals surface area contributed by atoms with Crippen molar-refractivity contribution in [2.45, 2.75) is 12.8 Å². The highest BCUT2D eigenvalue weighted by molar-refractivity contribution is 6.18. The maximum atomic E-state index is 9.56. The van der Waals surface area contributed by atoms with Crippen LogP contribution in [0.2, 0.25) is 0 Å². The predicted molar refractivity (Wildman–Crippen MR) is 42.1 cm³/mol. The molecule has 0 spiro atoms. The highest BCUT2D eigenvalue weighted by atomic mass is 35.5. The summed E-state index contributed by atoms with van der Waals surface area (Å²) in [7, 11) is 0. The van der Waals surface area contributed by atoms with Crippen LogP contribution in [0.4, 0.5) is 0 Å². The maximum absolute atomic E-state index is 9.56. The molecule has 56 valence electrons. The van der Waals surface area contributed by atoms with E-state index in [1.54, 1.807) is 0 Å². The highest BCUT2D eigenvalue weighted by Crippen LogP contribution is 1.91. The van der Waals surface area contributed by atoms with Gasteiger partial charge >= 0.3 is 0 Å². The van der Waals surface area contributed by atoms with E-state index < -0.39 is 0 Å². The Hall–Kier alpha value is -0.590. The van der Waals surface area contributed by atoms with Crippen LogP contribution in [0.15, 0.2) is 17.1 Å². The third-order valence-corrected chi connectivity index (χ3v) is 1.14. The van der Waals surface area contributed by atoms with Gasteiger partial charge < -0.3 is 0 Å². The molecule has 2 nitrogen and oxygen atoms in total. The van der Waals surface area contributed by atoms with Gasteiger partial charge in [-0.1, -0.05) is 12.2 Å². The zero-order valence-electron chi connectivity index (χ0n) is 5.72. The van der Waals surface area contributed by atoms with Crippen molar-refractivity contribution in [3.8, 4) is 0 Å². The lowest BCUT2D eigenvalue weighted by molar-refractivity contribution is 0.562. The lowest BCUT2D eigenvalue weighted by Crippen LogP contribution is -1.77. The Bertz CT molecular complexity index is 139. The SMILES string of the molecule is O=C=NCCCC=CCCl. The Morgan fingerprint density at radius 3 is 2.90 bits per heavy atom. The molecule has 0 radical (unpaired) electrons. The molecule has 0 aliphatic carbocycles. The van der Waals surface area contributed by atoms with Crippen molar-refractivity contribution >= 4 is 17.7 Å². The maximum Gasteiger partial charge on any atom is 0.234 e. The molecule has 0 rings (SSSR count). The first-order chi connectivity index (χ1) is 4.91. The van der Waals surface area contributed by atoms with Gasteiger partial charge in [0.25, 0.3) is 0 Å². The van der Waals surface area contributed by atoms with Crippen molar-refractivity contribution in [2.75, 3.05) is 12.4 Å². The predicted octanol–water partition coefficient (Wildman–Crippen LogP) is 1.90. The van der Waals surface area contributed by atoms with Crippen molar-refractivity contribution in [1.82, 2.24) is 0 Å². The van der Waals surface area contributed by atoms with Crippen LogP contribution in [0.1, 0.15) is 12.8 Å². The number of unbranched alkanes of at least 4 members (excludes halogenated alkanes) is 1. The van der Waals surface area contributed by atoms with Crippen LogP contribution in [0.5, 0.6) is 0 Å². The minimum absolute atomic E-state index is 0.553. The van der Waals surface area contributed by atoms with Gasteiger partial charge in [-0.15, -0.1) is 11.6 Å². The van der Waals surface area contributed by atoms with E-state index in [0.717, 1.165) is 12.8 Å². The molecular formula is C7H10ClNO. The summed E-state index contributed by atoms with van der Waals surface area (Å²) in [5.41, 5.74) is 0. The van der Waals surface area contributed by atoms with Gasteiger partial charge in [-0.3, -0.25) is 0 Å². The van der Waals surface area contributed by atoms with Crippen LogP contribution in [-0.4, -0.2) is 18.5 Å². The first kappa shape index (κ1) is 9.41. The Balaban J connectivity index is 3.04. The third kappa shape index (κ3) is 7.41. The fraction of sp³-hybridized carbons (Fsp3) is 0.571. The van der Waals surface area contributed by atoms with E-state index in [9.17, 15) is 4.79 Å². The Kier molecular flexibility index (Phi) is 7.91. The number of alkyl halides is 1. The molecule has 0 aromatic carbocycles. The number of rotatable bonds is 5. The van der Waals surface area contributed by atoms with Crippen LogP contribution < -0.4 is 0 Å². The smallest absolute Gasteiger partial charge is 0.211 e. The lowest BCUT2D eigenvalue weighted by Gasteiger charge is -1.85. The lowest BCUT2D eigenvalue weighted by atomic mass is 10.3. The van der Waals surface area contributed by atoms with Crippen LogP contribution in [-0.2, 0) is 4.79 Å². The number of hydrogen-bond donors (Lipinski definition) is 0. The number of aliphatic imine (C=N–C) groups is 1. The molecule has 0 saturated heterocycles. The summed E-state index contributed by atoms with van der Waals surface area (Å²) in [5.74, 6) is 0.553. The topological polar surface area (TPSA) is 29.4 Å². The minimum Gasteiger partial charge on any atom is -0.211 e. The average Bonchev–Trinajstić information content (AvgIpc) is 1.97. The molecule has 0 unspecified atom stereocenters. The van der Waals surface area contributed by atoms with E-state index in [-0.39, 0.29) is 0 Å². The van der Waals surface area contributed by atoms with Crippen molar-refractivity contribution in [1.29, 1.82) is 0 Å². The van der Waals surface area contributed by atoms with Crippen LogP contribution >= 0.6 is 11.6 Å². The summed E-state index contributed by atoms with van der Waals surface area (Å²) in [4.78, 5) is 13.0. The van der Waals surface area contributed by atoms with Crippen molar-refractivity contribution in [2.24, 2.45) is 4.99 Å². The molecule has 0 aromatic rings. The van der Waals surface area contributed by atoms with Crippen molar-refractivity contribution in [3.05, 3.63) is 12.2 Å². The molecule has 0 aliphatic heterocycles. The Labute approximate surface area is 65.6 Å². The summed E-state index contributed by atoms with van der Waals surface area (Å²) >= 11 is 5.37. The number of allylic oxidation sites excluding steroid dienone is 2. The van der Waals surface area contributed by atoms with E-state index in [1.807, 2.05) is 12.2 Å². The first-order valence-corrected chi connectivity index (χ1v) is 3.70. The van der Waals surface area contributed by atoms with Crippen LogP contribution in [0, 0.1) is 0 Å². The van der Waals surface area contributed by atoms with Gasteiger partial charge in [-0.2, -0.15) is 0 Å². The van der Waals surface area contributed by atoms with Gasteiger partial charge in [-0.25, -0.2) is 9.79 Å². The largest absolute Gasteiger partial charge is 0.234 e. The second-order valence-electron chi connectivity index (χ2n) is 1.74. The van der Waals surface area contributed by atoms with Crippen molar-refractivity contribution < 1.29 is 4.79 Å². The Morgan fingerprint density at radius 2 is 2.30 bits per heavy atom. The highest BCUT2D eigenvalue weighted by Gasteiger charge is 1.79. The summed E-state index contributed by atoms with van der Waals surface area (Å²) in [5, 5.41) is 0. The van der Waals surface area contributed by atoms with E-state index in [1.165, 1.54) is 6.08 Å². The van der Waals surface area contributed by atoms with Gasteiger partial charge in [0.1, 0.15) is 0 Å². The molecule has 3 heteroatoms. The summed E-state index contributed by atoms with van der Waals surface area (Å²) in [6, 6.07) is 0. The molecule has 0 aliphatic rings. The average molecular weight is 160 g/mol. The number of isocyanates is 1. The zero-order chi connectivity index (χ0) is 7.66.